The lowest BCUT2D eigenvalue weighted by Crippen LogP contribution is -2.46. The molecule has 156 valence electrons. The summed E-state index contributed by atoms with van der Waals surface area (Å²) in [4.78, 5) is 16.9. The number of halogens is 2. The molecule has 1 saturated carbocycles. The van der Waals surface area contributed by atoms with E-state index in [1.165, 1.54) is 5.56 Å². The van der Waals surface area contributed by atoms with E-state index in [-0.39, 0.29) is 29.9 Å². The molecule has 2 amide bonds. The van der Waals surface area contributed by atoms with Gasteiger partial charge < -0.3 is 16.4 Å². The van der Waals surface area contributed by atoms with Crippen LogP contribution in [0.2, 0.25) is 5.02 Å². The molecule has 5 nitrogen and oxygen atoms in total. The van der Waals surface area contributed by atoms with Gasteiger partial charge in [0.05, 0.1) is 0 Å². The van der Waals surface area contributed by atoms with E-state index >= 15 is 0 Å². The van der Waals surface area contributed by atoms with Gasteiger partial charge in [-0.15, -0.1) is 12.4 Å². The summed E-state index contributed by atoms with van der Waals surface area (Å²) in [5.41, 5.74) is 14.8. The quantitative estimate of drug-likeness (QED) is 0.698. The largest absolute Gasteiger partial charge is 0.399 e. The first-order chi connectivity index (χ1) is 13.5. The average Bonchev–Trinajstić information content (AvgIpc) is 3.09. The van der Waals surface area contributed by atoms with Gasteiger partial charge in [0, 0.05) is 47.5 Å². The molecule has 0 unspecified atom stereocenters. The second kappa shape index (κ2) is 8.82. The number of rotatable bonds is 4. The number of benzene rings is 2. The molecule has 1 aliphatic heterocycles. The Balaban J connectivity index is 0.00000240. The van der Waals surface area contributed by atoms with E-state index in [4.69, 9.17) is 23.1 Å². The van der Waals surface area contributed by atoms with Crippen LogP contribution in [0.3, 0.4) is 0 Å². The smallest absolute Gasteiger partial charge is 0.324 e. The maximum atomic E-state index is 13.0. The minimum absolute atomic E-state index is 0. The van der Waals surface area contributed by atoms with Gasteiger partial charge in [0.2, 0.25) is 0 Å². The van der Waals surface area contributed by atoms with Crippen LogP contribution < -0.4 is 16.4 Å². The van der Waals surface area contributed by atoms with Gasteiger partial charge in [-0.2, -0.15) is 0 Å². The zero-order valence-electron chi connectivity index (χ0n) is 16.4. The van der Waals surface area contributed by atoms with Gasteiger partial charge in [-0.05, 0) is 61.6 Å². The molecule has 1 aliphatic carbocycles. The molecule has 0 atom stereocenters. The summed E-state index contributed by atoms with van der Waals surface area (Å²) in [6.07, 6.45) is 3.85. The first-order valence-electron chi connectivity index (χ1n) is 9.92. The van der Waals surface area contributed by atoms with E-state index in [0.717, 1.165) is 42.9 Å². The van der Waals surface area contributed by atoms with E-state index in [1.807, 2.05) is 52.3 Å². The average molecular weight is 435 g/mol. The van der Waals surface area contributed by atoms with Crippen molar-refractivity contribution in [3.05, 3.63) is 59.1 Å². The van der Waals surface area contributed by atoms with E-state index in [0.29, 0.717) is 18.8 Å². The molecule has 7 heteroatoms. The molecule has 0 aromatic heterocycles. The summed E-state index contributed by atoms with van der Waals surface area (Å²) in [5, 5.41) is 0.750. The normalized spacial score (nSPS) is 24.5. The number of amides is 2. The van der Waals surface area contributed by atoms with E-state index in [1.54, 1.807) is 0 Å². The highest BCUT2D eigenvalue weighted by atomic mass is 35.5. The lowest BCUT2D eigenvalue weighted by Gasteiger charge is -2.42. The number of nitrogens with zero attached hydrogens (tertiary/aromatic N) is 2. The van der Waals surface area contributed by atoms with Crippen LogP contribution in [0.5, 0.6) is 0 Å². The van der Waals surface area contributed by atoms with Gasteiger partial charge in [0.25, 0.3) is 0 Å². The summed E-state index contributed by atoms with van der Waals surface area (Å²) in [5.74, 6) is 0. The number of carbonyl (C=O) groups is 1. The molecule has 0 radical (unpaired) electrons. The van der Waals surface area contributed by atoms with Crippen molar-refractivity contribution in [2.75, 3.05) is 30.3 Å². The molecule has 2 aromatic rings. The Hall–Kier alpha value is -1.95. The van der Waals surface area contributed by atoms with Crippen molar-refractivity contribution < 1.29 is 4.79 Å². The molecule has 2 aliphatic rings. The lowest BCUT2D eigenvalue weighted by molar-refractivity contribution is 0.156. The fourth-order valence-corrected chi connectivity index (χ4v) is 4.91. The summed E-state index contributed by atoms with van der Waals surface area (Å²) >= 11 is 6.21. The fourth-order valence-electron chi connectivity index (χ4n) is 4.72. The maximum absolute atomic E-state index is 13.0. The van der Waals surface area contributed by atoms with Gasteiger partial charge in [-0.25, -0.2) is 4.79 Å². The molecular weight excluding hydrogens is 407 g/mol. The third-order valence-corrected chi connectivity index (χ3v) is 6.64. The van der Waals surface area contributed by atoms with Crippen LogP contribution in [0.15, 0.2) is 48.5 Å². The highest BCUT2D eigenvalue weighted by Crippen LogP contribution is 2.41. The summed E-state index contributed by atoms with van der Waals surface area (Å²) in [7, 11) is 0. The Morgan fingerprint density at radius 3 is 2.45 bits per heavy atom. The SMILES string of the molecule is Cl.NCC1(c2cccc(Cl)c2)CCC(N2CCN(c3cccc(N)c3)C2=O)CC1. The van der Waals surface area contributed by atoms with Crippen LogP contribution in [0, 0.1) is 0 Å². The summed E-state index contributed by atoms with van der Waals surface area (Å²) in [6, 6.07) is 15.9. The third kappa shape index (κ3) is 4.18. The Kier molecular flexibility index (Phi) is 6.62. The van der Waals surface area contributed by atoms with Crippen molar-refractivity contribution in [3.63, 3.8) is 0 Å². The Morgan fingerprint density at radius 2 is 1.79 bits per heavy atom. The van der Waals surface area contributed by atoms with Gasteiger partial charge in [0.15, 0.2) is 0 Å². The monoisotopic (exact) mass is 434 g/mol. The Bertz CT molecular complexity index is 867. The van der Waals surface area contributed by atoms with Crippen molar-refractivity contribution >= 4 is 41.4 Å². The minimum atomic E-state index is -0.0439. The molecule has 4 rings (SSSR count). The van der Waals surface area contributed by atoms with Gasteiger partial charge in [-0.3, -0.25) is 4.90 Å². The molecule has 0 bridgehead atoms. The molecule has 0 spiro atoms. The zero-order valence-corrected chi connectivity index (χ0v) is 18.0. The molecule has 2 fully saturated rings. The van der Waals surface area contributed by atoms with Crippen molar-refractivity contribution in [1.82, 2.24) is 4.90 Å². The number of nitrogen functional groups attached to an aromatic ring is 1. The standard InChI is InChI=1S/C22H27ClN4O.ClH/c23-17-4-1-3-16(13-17)22(15-24)9-7-19(8-10-22)26-11-12-27(21(26)28)20-6-2-5-18(25)14-20;/h1-6,13-14,19H,7-12,15,24-25H2;1H. The summed E-state index contributed by atoms with van der Waals surface area (Å²) < 4.78 is 0. The topological polar surface area (TPSA) is 75.6 Å². The van der Waals surface area contributed by atoms with Crippen molar-refractivity contribution in [1.29, 1.82) is 0 Å². The molecule has 1 heterocycles. The maximum Gasteiger partial charge on any atom is 0.324 e. The highest BCUT2D eigenvalue weighted by Gasteiger charge is 2.41. The number of hydrogen-bond donors (Lipinski definition) is 2. The first kappa shape index (κ1) is 21.8. The predicted molar refractivity (Wildman–Crippen MR) is 122 cm³/mol. The number of carbonyl (C=O) groups excluding carboxylic acids is 1. The second-order valence-electron chi connectivity index (χ2n) is 7.95. The predicted octanol–water partition coefficient (Wildman–Crippen LogP) is 4.43. The van der Waals surface area contributed by atoms with Crippen LogP contribution in [-0.4, -0.2) is 36.6 Å². The van der Waals surface area contributed by atoms with Crippen LogP contribution in [0.25, 0.3) is 0 Å². The van der Waals surface area contributed by atoms with Crippen LogP contribution in [0.1, 0.15) is 31.2 Å². The fraction of sp³-hybridized carbons (Fsp3) is 0.409. The number of urea groups is 1. The van der Waals surface area contributed by atoms with Gasteiger partial charge >= 0.3 is 6.03 Å². The number of anilines is 2. The molecular formula is C22H28Cl2N4O. The van der Waals surface area contributed by atoms with Crippen LogP contribution in [0.4, 0.5) is 16.2 Å². The summed E-state index contributed by atoms with van der Waals surface area (Å²) in [6.45, 7) is 2.06. The number of hydrogen-bond acceptors (Lipinski definition) is 3. The first-order valence-corrected chi connectivity index (χ1v) is 10.3. The van der Waals surface area contributed by atoms with Crippen LogP contribution in [-0.2, 0) is 5.41 Å². The van der Waals surface area contributed by atoms with Crippen molar-refractivity contribution in [3.8, 4) is 0 Å². The van der Waals surface area contributed by atoms with Gasteiger partial charge in [-0.1, -0.05) is 29.8 Å². The van der Waals surface area contributed by atoms with Gasteiger partial charge in [0.1, 0.15) is 0 Å². The lowest BCUT2D eigenvalue weighted by atomic mass is 9.68. The third-order valence-electron chi connectivity index (χ3n) is 6.40. The highest BCUT2D eigenvalue weighted by molar-refractivity contribution is 6.30. The Morgan fingerprint density at radius 1 is 1.07 bits per heavy atom. The Labute approximate surface area is 183 Å². The van der Waals surface area contributed by atoms with Crippen molar-refractivity contribution in [2.45, 2.75) is 37.1 Å². The van der Waals surface area contributed by atoms with E-state index in [2.05, 4.69) is 6.07 Å². The second-order valence-corrected chi connectivity index (χ2v) is 8.39. The van der Waals surface area contributed by atoms with E-state index < -0.39 is 0 Å². The molecule has 1 saturated heterocycles. The van der Waals surface area contributed by atoms with E-state index in [9.17, 15) is 4.79 Å². The molecule has 29 heavy (non-hydrogen) atoms. The van der Waals surface area contributed by atoms with Crippen LogP contribution >= 0.6 is 24.0 Å². The molecule has 2 aromatic carbocycles. The minimum Gasteiger partial charge on any atom is -0.399 e. The number of nitrogens with two attached hydrogens (primary N) is 2. The zero-order chi connectivity index (χ0) is 19.7. The molecule has 4 N–H and O–H groups in total. The van der Waals surface area contributed by atoms with Crippen molar-refractivity contribution in [2.24, 2.45) is 5.73 Å².